The number of methoxy groups -OCH3 is 1. The van der Waals surface area contributed by atoms with E-state index in [4.69, 9.17) is 4.74 Å². The van der Waals surface area contributed by atoms with Gasteiger partial charge in [-0.25, -0.2) is 9.97 Å². The number of rotatable bonds is 3. The first-order chi connectivity index (χ1) is 9.08. The smallest absolute Gasteiger partial charge is 0.316 e. The largest absolute Gasteiger partial charge is 0.467 e. The van der Waals surface area contributed by atoms with Crippen LogP contribution in [0.4, 0.5) is 5.82 Å². The zero-order valence-corrected chi connectivity index (χ0v) is 11.0. The molecule has 6 heteroatoms. The lowest BCUT2D eigenvalue weighted by molar-refractivity contribution is -0.114. The van der Waals surface area contributed by atoms with Crippen LogP contribution in [0.5, 0.6) is 6.01 Å². The van der Waals surface area contributed by atoms with E-state index in [1.54, 1.807) is 12.3 Å². The third-order valence-corrected chi connectivity index (χ3v) is 2.38. The highest BCUT2D eigenvalue weighted by molar-refractivity contribution is 5.87. The highest BCUT2D eigenvalue weighted by atomic mass is 16.5. The van der Waals surface area contributed by atoms with Crippen molar-refractivity contribution < 1.29 is 9.53 Å². The Labute approximate surface area is 110 Å². The zero-order valence-electron chi connectivity index (χ0n) is 11.0. The lowest BCUT2D eigenvalue weighted by Gasteiger charge is -2.06. The summed E-state index contributed by atoms with van der Waals surface area (Å²) in [6.07, 6.45) is 1.65. The molecule has 0 aliphatic heterocycles. The molecule has 98 valence electrons. The average molecular weight is 258 g/mol. The molecule has 0 aliphatic rings. The van der Waals surface area contributed by atoms with E-state index in [0.717, 1.165) is 17.0 Å². The lowest BCUT2D eigenvalue weighted by atomic mass is 10.2. The predicted octanol–water partition coefficient (Wildman–Crippen LogP) is 1.81. The van der Waals surface area contributed by atoms with Crippen LogP contribution in [-0.2, 0) is 4.79 Å². The Morgan fingerprint density at radius 3 is 2.68 bits per heavy atom. The molecule has 2 aromatic heterocycles. The maximum Gasteiger partial charge on any atom is 0.316 e. The van der Waals surface area contributed by atoms with Crippen LogP contribution in [0, 0.1) is 6.92 Å². The fourth-order valence-corrected chi connectivity index (χ4v) is 1.58. The number of anilines is 1. The maximum absolute atomic E-state index is 10.9. The van der Waals surface area contributed by atoms with Gasteiger partial charge in [0.1, 0.15) is 5.82 Å². The summed E-state index contributed by atoms with van der Waals surface area (Å²) in [4.78, 5) is 23.4. The number of pyridine rings is 1. The minimum atomic E-state index is -0.153. The van der Waals surface area contributed by atoms with Crippen LogP contribution in [0.2, 0.25) is 0 Å². The van der Waals surface area contributed by atoms with Gasteiger partial charge in [-0.3, -0.25) is 4.79 Å². The SMILES string of the molecule is COc1nc(C)cc(-c2ccc(NC(C)=O)nc2)n1. The molecule has 1 N–H and O–H groups in total. The highest BCUT2D eigenvalue weighted by Gasteiger charge is 2.06. The van der Waals surface area contributed by atoms with Crippen LogP contribution in [0.25, 0.3) is 11.3 Å². The van der Waals surface area contributed by atoms with Crippen LogP contribution in [0.1, 0.15) is 12.6 Å². The first-order valence-corrected chi connectivity index (χ1v) is 5.72. The van der Waals surface area contributed by atoms with Crippen molar-refractivity contribution in [3.63, 3.8) is 0 Å². The van der Waals surface area contributed by atoms with E-state index in [1.807, 2.05) is 19.1 Å². The van der Waals surface area contributed by atoms with E-state index in [0.29, 0.717) is 11.8 Å². The van der Waals surface area contributed by atoms with Gasteiger partial charge in [0.2, 0.25) is 5.91 Å². The first kappa shape index (κ1) is 12.9. The summed E-state index contributed by atoms with van der Waals surface area (Å²) >= 11 is 0. The molecule has 0 spiro atoms. The van der Waals surface area contributed by atoms with Crippen LogP contribution in [0.15, 0.2) is 24.4 Å². The van der Waals surface area contributed by atoms with Crippen LogP contribution in [-0.4, -0.2) is 28.0 Å². The number of aryl methyl sites for hydroxylation is 1. The summed E-state index contributed by atoms with van der Waals surface area (Å²) in [5.74, 6) is 0.355. The van der Waals surface area contributed by atoms with E-state index in [9.17, 15) is 4.79 Å². The van der Waals surface area contributed by atoms with Crippen molar-refractivity contribution in [1.29, 1.82) is 0 Å². The Kier molecular flexibility index (Phi) is 3.70. The molecule has 0 aromatic carbocycles. The number of aromatic nitrogens is 3. The standard InChI is InChI=1S/C13H14N4O2/c1-8-6-11(17-13(15-8)19-3)10-4-5-12(14-7-10)16-9(2)18/h4-7H,1-3H3,(H,14,16,18). The second-order valence-electron chi connectivity index (χ2n) is 3.99. The monoisotopic (exact) mass is 258 g/mol. The summed E-state index contributed by atoms with van der Waals surface area (Å²) in [7, 11) is 1.52. The van der Waals surface area contributed by atoms with Crippen molar-refractivity contribution in [1.82, 2.24) is 15.0 Å². The van der Waals surface area contributed by atoms with E-state index < -0.39 is 0 Å². The van der Waals surface area contributed by atoms with Crippen LogP contribution in [0.3, 0.4) is 0 Å². The zero-order chi connectivity index (χ0) is 13.8. The quantitative estimate of drug-likeness (QED) is 0.908. The second-order valence-corrected chi connectivity index (χ2v) is 3.99. The molecule has 0 unspecified atom stereocenters. The van der Waals surface area contributed by atoms with Gasteiger partial charge >= 0.3 is 6.01 Å². The van der Waals surface area contributed by atoms with Gasteiger partial charge in [-0.15, -0.1) is 0 Å². The molecule has 2 aromatic rings. The predicted molar refractivity (Wildman–Crippen MR) is 70.9 cm³/mol. The Hall–Kier alpha value is -2.50. The number of hydrogen-bond acceptors (Lipinski definition) is 5. The van der Waals surface area contributed by atoms with E-state index in [-0.39, 0.29) is 5.91 Å². The average Bonchev–Trinajstić information content (AvgIpc) is 2.38. The number of nitrogens with one attached hydrogen (secondary N) is 1. The number of carbonyl (C=O) groups is 1. The molecular weight excluding hydrogens is 244 g/mol. The highest BCUT2D eigenvalue weighted by Crippen LogP contribution is 2.20. The Morgan fingerprint density at radius 2 is 2.11 bits per heavy atom. The summed E-state index contributed by atoms with van der Waals surface area (Å²) in [6, 6.07) is 5.72. The Bertz CT molecular complexity index is 596. The van der Waals surface area contributed by atoms with Gasteiger partial charge in [-0.1, -0.05) is 0 Å². The number of hydrogen-bond donors (Lipinski definition) is 1. The molecule has 2 rings (SSSR count). The molecule has 0 fully saturated rings. The molecule has 0 saturated carbocycles. The third kappa shape index (κ3) is 3.25. The van der Waals surface area contributed by atoms with Gasteiger partial charge in [-0.05, 0) is 25.1 Å². The van der Waals surface area contributed by atoms with Gasteiger partial charge < -0.3 is 10.1 Å². The topological polar surface area (TPSA) is 77.0 Å². The Balaban J connectivity index is 2.31. The van der Waals surface area contributed by atoms with Gasteiger partial charge in [-0.2, -0.15) is 4.98 Å². The molecule has 0 saturated heterocycles. The number of carbonyl (C=O) groups excluding carboxylic acids is 1. The molecule has 6 nitrogen and oxygen atoms in total. The molecular formula is C13H14N4O2. The minimum Gasteiger partial charge on any atom is -0.467 e. The summed E-state index contributed by atoms with van der Waals surface area (Å²) in [5, 5.41) is 2.61. The van der Waals surface area contributed by atoms with Crippen molar-refractivity contribution in [3.8, 4) is 17.3 Å². The van der Waals surface area contributed by atoms with Crippen molar-refractivity contribution in [2.75, 3.05) is 12.4 Å². The molecule has 0 radical (unpaired) electrons. The number of ether oxygens (including phenoxy) is 1. The Morgan fingerprint density at radius 1 is 1.32 bits per heavy atom. The fraction of sp³-hybridized carbons (Fsp3) is 0.231. The normalized spacial score (nSPS) is 10.1. The summed E-state index contributed by atoms with van der Waals surface area (Å²) < 4.78 is 5.03. The molecule has 1 amide bonds. The van der Waals surface area contributed by atoms with Gasteiger partial charge in [0, 0.05) is 24.4 Å². The van der Waals surface area contributed by atoms with Crippen molar-refractivity contribution in [2.24, 2.45) is 0 Å². The van der Waals surface area contributed by atoms with Crippen molar-refractivity contribution >= 4 is 11.7 Å². The summed E-state index contributed by atoms with van der Waals surface area (Å²) in [5.41, 5.74) is 2.37. The van der Waals surface area contributed by atoms with Crippen molar-refractivity contribution in [3.05, 3.63) is 30.1 Å². The van der Waals surface area contributed by atoms with Crippen molar-refractivity contribution in [2.45, 2.75) is 13.8 Å². The van der Waals surface area contributed by atoms with Gasteiger partial charge in [0.25, 0.3) is 0 Å². The molecule has 2 heterocycles. The van der Waals surface area contributed by atoms with E-state index in [1.165, 1.54) is 14.0 Å². The summed E-state index contributed by atoms with van der Waals surface area (Å²) in [6.45, 7) is 3.31. The molecule has 0 aliphatic carbocycles. The van der Waals surface area contributed by atoms with E-state index in [2.05, 4.69) is 20.3 Å². The van der Waals surface area contributed by atoms with Gasteiger partial charge in [0.15, 0.2) is 0 Å². The maximum atomic E-state index is 10.9. The van der Waals surface area contributed by atoms with Crippen LogP contribution >= 0.6 is 0 Å². The van der Waals surface area contributed by atoms with E-state index >= 15 is 0 Å². The van der Waals surface area contributed by atoms with Gasteiger partial charge in [0.05, 0.1) is 12.8 Å². The molecule has 0 bridgehead atoms. The third-order valence-electron chi connectivity index (χ3n) is 2.38. The number of nitrogens with zero attached hydrogens (tertiary/aromatic N) is 3. The lowest BCUT2D eigenvalue weighted by Crippen LogP contribution is -2.07. The second kappa shape index (κ2) is 5.43. The number of amides is 1. The molecule has 19 heavy (non-hydrogen) atoms. The van der Waals surface area contributed by atoms with Crippen LogP contribution < -0.4 is 10.1 Å². The molecule has 0 atom stereocenters. The fourth-order valence-electron chi connectivity index (χ4n) is 1.58. The minimum absolute atomic E-state index is 0.153. The first-order valence-electron chi connectivity index (χ1n) is 5.72.